The molecule has 0 radical (unpaired) electrons. The zero-order valence-electron chi connectivity index (χ0n) is 16.3. The quantitative estimate of drug-likeness (QED) is 0.512. The Morgan fingerprint density at radius 1 is 1.14 bits per heavy atom. The van der Waals surface area contributed by atoms with Crippen LogP contribution in [0, 0.1) is 5.92 Å². The van der Waals surface area contributed by atoms with Crippen LogP contribution in [0.25, 0.3) is 0 Å². The summed E-state index contributed by atoms with van der Waals surface area (Å²) in [6.45, 7) is 0.416. The second-order valence-electron chi connectivity index (χ2n) is 6.68. The number of rotatable bonds is 7. The molecule has 1 aliphatic rings. The van der Waals surface area contributed by atoms with Crippen molar-refractivity contribution < 1.29 is 75.9 Å². The summed E-state index contributed by atoms with van der Waals surface area (Å²) < 4.78 is 12.1. The minimum atomic E-state index is -1.07. The molecule has 1 saturated heterocycles. The van der Waals surface area contributed by atoms with Crippen LogP contribution in [0.3, 0.4) is 0 Å². The van der Waals surface area contributed by atoms with E-state index in [9.17, 15) is 15.0 Å². The van der Waals surface area contributed by atoms with E-state index in [1.54, 1.807) is 18.2 Å². The maximum Gasteiger partial charge on any atom is 1.00 e. The van der Waals surface area contributed by atoms with E-state index >= 15 is 0 Å². The molecule has 0 unspecified atom stereocenters. The maximum atomic E-state index is 10.5. The van der Waals surface area contributed by atoms with Crippen molar-refractivity contribution in [3.8, 4) is 5.75 Å². The average Bonchev–Trinajstić information content (AvgIpc) is 2.68. The Morgan fingerprint density at radius 3 is 2.52 bits per heavy atom. The Labute approximate surface area is 218 Å². The fourth-order valence-electron chi connectivity index (χ4n) is 3.25. The van der Waals surface area contributed by atoms with Crippen molar-refractivity contribution in [2.24, 2.45) is 5.92 Å². The fraction of sp³-hybridized carbons (Fsp3) is 0.318. The normalized spacial score (nSPS) is 21.6. The van der Waals surface area contributed by atoms with Crippen LogP contribution in [0.4, 0.5) is 0 Å². The van der Waals surface area contributed by atoms with Gasteiger partial charge in [0.05, 0.1) is 12.7 Å². The molecular formula is C22H22ClKO5. The first-order valence-corrected chi connectivity index (χ1v) is 9.58. The molecule has 5 nitrogen and oxygen atoms in total. The topological polar surface area (TPSA) is 78.8 Å². The molecule has 1 fully saturated rings. The summed E-state index contributed by atoms with van der Waals surface area (Å²) in [5, 5.41) is 21.4. The van der Waals surface area contributed by atoms with Gasteiger partial charge in [0, 0.05) is 28.0 Å². The number of phenols is 1. The summed E-state index contributed by atoms with van der Waals surface area (Å²) in [5.74, 6) is -0.937. The van der Waals surface area contributed by atoms with Gasteiger partial charge in [0.2, 0.25) is 0 Å². The molecule has 148 valence electrons. The third-order valence-corrected chi connectivity index (χ3v) is 5.03. The molecule has 2 aromatic carbocycles. The minimum absolute atomic E-state index is 0. The number of allylic oxidation sites excluding steroid dienone is 2. The van der Waals surface area contributed by atoms with Crippen LogP contribution in [0.1, 0.15) is 42.8 Å². The van der Waals surface area contributed by atoms with Gasteiger partial charge < -0.3 is 24.5 Å². The van der Waals surface area contributed by atoms with Crippen molar-refractivity contribution in [1.82, 2.24) is 0 Å². The van der Waals surface area contributed by atoms with Crippen LogP contribution in [0.15, 0.2) is 60.7 Å². The SMILES string of the molecule is O=C([O-])CC/C=C\C[C@@H]1CO[C@H](c2ccccc2Cl)O[C@@H]1c1ccccc1O.[K+]. The number of ether oxygens (including phenoxy) is 2. The molecule has 1 N–H and O–H groups in total. The Bertz CT molecular complexity index is 841. The predicted molar refractivity (Wildman–Crippen MR) is 104 cm³/mol. The number of carbonyl (C=O) groups is 1. The van der Waals surface area contributed by atoms with Crippen LogP contribution in [-0.2, 0) is 14.3 Å². The minimum Gasteiger partial charge on any atom is -0.550 e. The van der Waals surface area contributed by atoms with Gasteiger partial charge in [0.1, 0.15) is 5.75 Å². The molecule has 0 spiro atoms. The number of aromatic hydroxyl groups is 1. The first kappa shape index (κ1) is 24.6. The van der Waals surface area contributed by atoms with Crippen molar-refractivity contribution in [1.29, 1.82) is 0 Å². The Kier molecular flexibility index (Phi) is 10.4. The summed E-state index contributed by atoms with van der Waals surface area (Å²) in [6.07, 6.45) is 3.76. The van der Waals surface area contributed by atoms with Gasteiger partial charge in [-0.15, -0.1) is 0 Å². The number of phenolic OH excluding ortho intramolecular Hbond substituents is 1. The van der Waals surface area contributed by atoms with Crippen LogP contribution < -0.4 is 56.5 Å². The zero-order valence-corrected chi connectivity index (χ0v) is 20.2. The van der Waals surface area contributed by atoms with E-state index in [-0.39, 0.29) is 75.6 Å². The number of carbonyl (C=O) groups excluding carboxylic acids is 1. The van der Waals surface area contributed by atoms with Gasteiger partial charge in [-0.2, -0.15) is 0 Å². The standard InChI is InChI=1S/C22H23ClO5.K/c23-18-11-6-4-9-16(18)22-27-14-15(8-2-1-3-13-20(25)26)21(28-22)17-10-5-7-12-19(17)24;/h1-2,4-7,9-12,15,21-22,24H,3,8,13-14H2,(H,25,26);/q;+1/p-1/b2-1-;/t15-,21+,22+;/m1./s1. The molecule has 0 amide bonds. The third-order valence-electron chi connectivity index (χ3n) is 4.68. The smallest absolute Gasteiger partial charge is 0.550 e. The monoisotopic (exact) mass is 440 g/mol. The van der Waals surface area contributed by atoms with Gasteiger partial charge in [-0.3, -0.25) is 0 Å². The summed E-state index contributed by atoms with van der Waals surface area (Å²) >= 11 is 6.29. The first-order chi connectivity index (χ1) is 13.6. The number of para-hydroxylation sites is 1. The van der Waals surface area contributed by atoms with Crippen LogP contribution in [0.2, 0.25) is 5.02 Å². The molecule has 3 rings (SSSR count). The second kappa shape index (κ2) is 12.2. The number of carboxylic acids is 1. The molecular weight excluding hydrogens is 419 g/mol. The van der Waals surface area contributed by atoms with Crippen molar-refractivity contribution in [2.75, 3.05) is 6.61 Å². The number of hydrogen-bond donors (Lipinski definition) is 1. The zero-order chi connectivity index (χ0) is 19.9. The average molecular weight is 441 g/mol. The van der Waals surface area contributed by atoms with Crippen LogP contribution in [0.5, 0.6) is 5.75 Å². The van der Waals surface area contributed by atoms with E-state index < -0.39 is 12.3 Å². The number of carboxylic acid groups (broad SMARTS) is 1. The van der Waals surface area contributed by atoms with Gasteiger partial charge in [-0.1, -0.05) is 60.2 Å². The molecule has 29 heavy (non-hydrogen) atoms. The van der Waals surface area contributed by atoms with Gasteiger partial charge in [-0.25, -0.2) is 0 Å². The molecule has 3 atom stereocenters. The molecule has 0 saturated carbocycles. The number of hydrogen-bond acceptors (Lipinski definition) is 5. The Morgan fingerprint density at radius 2 is 1.83 bits per heavy atom. The molecule has 0 aliphatic carbocycles. The molecule has 1 heterocycles. The Hall–Kier alpha value is -0.704. The second-order valence-corrected chi connectivity index (χ2v) is 7.09. The van der Waals surface area contributed by atoms with Crippen molar-refractivity contribution in [2.45, 2.75) is 31.7 Å². The summed E-state index contributed by atoms with van der Waals surface area (Å²) in [5.41, 5.74) is 1.43. The Balaban J connectivity index is 0.00000300. The first-order valence-electron chi connectivity index (χ1n) is 9.20. The molecule has 2 aromatic rings. The summed E-state index contributed by atoms with van der Waals surface area (Å²) in [6, 6.07) is 14.4. The number of aliphatic carboxylic acids is 1. The van der Waals surface area contributed by atoms with E-state index in [0.717, 1.165) is 5.56 Å². The van der Waals surface area contributed by atoms with E-state index in [1.165, 1.54) is 0 Å². The maximum absolute atomic E-state index is 10.5. The molecule has 1 aliphatic heterocycles. The predicted octanol–water partition coefficient (Wildman–Crippen LogP) is 0.929. The van der Waals surface area contributed by atoms with Crippen LogP contribution >= 0.6 is 11.6 Å². The van der Waals surface area contributed by atoms with E-state index in [0.29, 0.717) is 30.0 Å². The van der Waals surface area contributed by atoms with Crippen molar-refractivity contribution in [3.63, 3.8) is 0 Å². The van der Waals surface area contributed by atoms with Gasteiger partial charge in [0.15, 0.2) is 6.29 Å². The van der Waals surface area contributed by atoms with E-state index in [2.05, 4.69) is 0 Å². The van der Waals surface area contributed by atoms with E-state index in [1.807, 2.05) is 42.5 Å². The van der Waals surface area contributed by atoms with Gasteiger partial charge in [-0.05, 0) is 31.4 Å². The number of halogens is 1. The van der Waals surface area contributed by atoms with Crippen molar-refractivity contribution >= 4 is 17.6 Å². The largest absolute Gasteiger partial charge is 1.00 e. The van der Waals surface area contributed by atoms with Crippen molar-refractivity contribution in [3.05, 3.63) is 76.8 Å². The molecule has 0 bridgehead atoms. The van der Waals surface area contributed by atoms with Crippen LogP contribution in [-0.4, -0.2) is 17.7 Å². The van der Waals surface area contributed by atoms with Gasteiger partial charge >= 0.3 is 51.4 Å². The van der Waals surface area contributed by atoms with Gasteiger partial charge in [0.25, 0.3) is 0 Å². The summed E-state index contributed by atoms with van der Waals surface area (Å²) in [7, 11) is 0. The summed E-state index contributed by atoms with van der Waals surface area (Å²) in [4.78, 5) is 10.5. The third kappa shape index (κ3) is 6.90. The van der Waals surface area contributed by atoms with E-state index in [4.69, 9.17) is 21.1 Å². The molecule has 7 heteroatoms. The molecule has 0 aromatic heterocycles. The fourth-order valence-corrected chi connectivity index (χ4v) is 3.47. The number of benzene rings is 2.